The first-order valence-electron chi connectivity index (χ1n) is 6.45. The number of rotatable bonds is 4. The van der Waals surface area contributed by atoms with Gasteiger partial charge in [0, 0.05) is 29.9 Å². The van der Waals surface area contributed by atoms with Crippen LogP contribution in [0.3, 0.4) is 0 Å². The van der Waals surface area contributed by atoms with Crippen LogP contribution < -0.4 is 5.32 Å². The average molecular weight is 254 g/mol. The predicted octanol–water partition coefficient (Wildman–Crippen LogP) is 3.27. The number of nitrogens with zero attached hydrogens (tertiary/aromatic N) is 1. The number of carbonyl (C=O) groups is 1. The SMILES string of the molecule is CC(C)C(=O)Nc1ccnc(Cc2ccccc2)c1. The summed E-state index contributed by atoms with van der Waals surface area (Å²) in [6, 6.07) is 13.9. The second kappa shape index (κ2) is 6.14. The van der Waals surface area contributed by atoms with Crippen molar-refractivity contribution >= 4 is 11.6 Å². The van der Waals surface area contributed by atoms with E-state index in [-0.39, 0.29) is 11.8 Å². The van der Waals surface area contributed by atoms with E-state index in [0.717, 1.165) is 17.8 Å². The van der Waals surface area contributed by atoms with Crippen molar-refractivity contribution in [1.29, 1.82) is 0 Å². The third kappa shape index (κ3) is 3.91. The number of nitrogens with one attached hydrogen (secondary N) is 1. The molecule has 2 aromatic rings. The fourth-order valence-corrected chi connectivity index (χ4v) is 1.74. The number of pyridine rings is 1. The van der Waals surface area contributed by atoms with Crippen LogP contribution in [0.1, 0.15) is 25.1 Å². The predicted molar refractivity (Wildman–Crippen MR) is 77.0 cm³/mol. The van der Waals surface area contributed by atoms with E-state index in [4.69, 9.17) is 0 Å². The molecule has 1 aromatic carbocycles. The van der Waals surface area contributed by atoms with E-state index < -0.39 is 0 Å². The summed E-state index contributed by atoms with van der Waals surface area (Å²) < 4.78 is 0. The molecular weight excluding hydrogens is 236 g/mol. The smallest absolute Gasteiger partial charge is 0.226 e. The van der Waals surface area contributed by atoms with E-state index in [2.05, 4.69) is 22.4 Å². The van der Waals surface area contributed by atoms with Gasteiger partial charge in [-0.15, -0.1) is 0 Å². The molecule has 0 bridgehead atoms. The van der Waals surface area contributed by atoms with Crippen molar-refractivity contribution in [2.45, 2.75) is 20.3 Å². The molecule has 3 nitrogen and oxygen atoms in total. The van der Waals surface area contributed by atoms with Crippen LogP contribution in [-0.2, 0) is 11.2 Å². The van der Waals surface area contributed by atoms with E-state index in [1.54, 1.807) is 6.20 Å². The molecule has 1 N–H and O–H groups in total. The minimum absolute atomic E-state index is 0.0225. The minimum atomic E-state index is -0.0225. The van der Waals surface area contributed by atoms with Gasteiger partial charge < -0.3 is 5.32 Å². The Bertz CT molecular complexity index is 550. The second-order valence-corrected chi connectivity index (χ2v) is 4.84. The fraction of sp³-hybridized carbons (Fsp3) is 0.250. The highest BCUT2D eigenvalue weighted by molar-refractivity contribution is 5.92. The molecule has 0 aliphatic carbocycles. The number of benzene rings is 1. The molecule has 1 aromatic heterocycles. The minimum Gasteiger partial charge on any atom is -0.326 e. The molecule has 98 valence electrons. The Labute approximate surface area is 113 Å². The van der Waals surface area contributed by atoms with Gasteiger partial charge in [0.05, 0.1) is 0 Å². The van der Waals surface area contributed by atoms with Gasteiger partial charge in [0.2, 0.25) is 5.91 Å². The zero-order chi connectivity index (χ0) is 13.7. The number of hydrogen-bond donors (Lipinski definition) is 1. The summed E-state index contributed by atoms with van der Waals surface area (Å²) in [5, 5.41) is 2.89. The van der Waals surface area contributed by atoms with E-state index in [9.17, 15) is 4.79 Å². The van der Waals surface area contributed by atoms with E-state index in [0.29, 0.717) is 0 Å². The van der Waals surface area contributed by atoms with Crippen LogP contribution in [0.15, 0.2) is 48.7 Å². The first kappa shape index (κ1) is 13.3. The summed E-state index contributed by atoms with van der Waals surface area (Å²) in [5.41, 5.74) is 2.97. The van der Waals surface area contributed by atoms with Gasteiger partial charge in [0.25, 0.3) is 0 Å². The van der Waals surface area contributed by atoms with Crippen molar-refractivity contribution in [3.63, 3.8) is 0 Å². The Balaban J connectivity index is 2.09. The number of anilines is 1. The van der Waals surface area contributed by atoms with Crippen molar-refractivity contribution in [2.24, 2.45) is 5.92 Å². The summed E-state index contributed by atoms with van der Waals surface area (Å²) in [6.45, 7) is 3.75. The molecule has 0 saturated carbocycles. The van der Waals surface area contributed by atoms with Gasteiger partial charge in [-0.25, -0.2) is 0 Å². The molecule has 0 aliphatic rings. The fourth-order valence-electron chi connectivity index (χ4n) is 1.74. The molecule has 0 unspecified atom stereocenters. The second-order valence-electron chi connectivity index (χ2n) is 4.84. The lowest BCUT2D eigenvalue weighted by atomic mass is 10.1. The van der Waals surface area contributed by atoms with Gasteiger partial charge in [0.1, 0.15) is 0 Å². The number of hydrogen-bond acceptors (Lipinski definition) is 2. The molecule has 1 amide bonds. The van der Waals surface area contributed by atoms with Gasteiger partial charge in [0.15, 0.2) is 0 Å². The molecule has 19 heavy (non-hydrogen) atoms. The standard InChI is InChI=1S/C16H18N2O/c1-12(2)16(19)18-14-8-9-17-15(11-14)10-13-6-4-3-5-7-13/h3-9,11-12H,10H2,1-2H3,(H,17,18,19). The lowest BCUT2D eigenvalue weighted by molar-refractivity contribution is -0.118. The van der Waals surface area contributed by atoms with Crippen molar-refractivity contribution < 1.29 is 4.79 Å². The Morgan fingerprint density at radius 2 is 1.95 bits per heavy atom. The van der Waals surface area contributed by atoms with Gasteiger partial charge in [-0.05, 0) is 17.7 Å². The van der Waals surface area contributed by atoms with Crippen LogP contribution in [0.5, 0.6) is 0 Å². The average Bonchev–Trinajstić information content (AvgIpc) is 2.40. The molecule has 1 heterocycles. The number of carbonyl (C=O) groups excluding carboxylic acids is 1. The van der Waals surface area contributed by atoms with Crippen LogP contribution in [-0.4, -0.2) is 10.9 Å². The monoisotopic (exact) mass is 254 g/mol. The lowest BCUT2D eigenvalue weighted by Crippen LogP contribution is -2.17. The molecule has 0 aliphatic heterocycles. The van der Waals surface area contributed by atoms with Crippen LogP contribution in [0.2, 0.25) is 0 Å². The molecule has 0 fully saturated rings. The summed E-state index contributed by atoms with van der Waals surface area (Å²) in [6.07, 6.45) is 2.50. The summed E-state index contributed by atoms with van der Waals surface area (Å²) in [5.74, 6) is 0.00241. The van der Waals surface area contributed by atoms with Crippen molar-refractivity contribution in [3.8, 4) is 0 Å². The third-order valence-electron chi connectivity index (χ3n) is 2.84. The third-order valence-corrected chi connectivity index (χ3v) is 2.84. The Kier molecular flexibility index (Phi) is 4.29. The maximum Gasteiger partial charge on any atom is 0.226 e. The summed E-state index contributed by atoms with van der Waals surface area (Å²) >= 11 is 0. The number of aromatic nitrogens is 1. The molecule has 0 radical (unpaired) electrons. The topological polar surface area (TPSA) is 42.0 Å². The highest BCUT2D eigenvalue weighted by Crippen LogP contribution is 2.13. The van der Waals surface area contributed by atoms with Crippen LogP contribution in [0.4, 0.5) is 5.69 Å². The Hall–Kier alpha value is -2.16. The van der Waals surface area contributed by atoms with Crippen LogP contribution >= 0.6 is 0 Å². The summed E-state index contributed by atoms with van der Waals surface area (Å²) in [7, 11) is 0. The largest absolute Gasteiger partial charge is 0.326 e. The van der Waals surface area contributed by atoms with Gasteiger partial charge in [-0.1, -0.05) is 44.2 Å². The molecule has 0 atom stereocenters. The Morgan fingerprint density at radius 3 is 2.63 bits per heavy atom. The van der Waals surface area contributed by atoms with Crippen molar-refractivity contribution in [3.05, 3.63) is 59.9 Å². The molecule has 3 heteroatoms. The van der Waals surface area contributed by atoms with Crippen LogP contribution in [0.25, 0.3) is 0 Å². The van der Waals surface area contributed by atoms with Gasteiger partial charge >= 0.3 is 0 Å². The van der Waals surface area contributed by atoms with Crippen molar-refractivity contribution in [2.75, 3.05) is 5.32 Å². The highest BCUT2D eigenvalue weighted by atomic mass is 16.1. The van der Waals surface area contributed by atoms with Gasteiger partial charge in [-0.2, -0.15) is 0 Å². The maximum atomic E-state index is 11.7. The van der Waals surface area contributed by atoms with E-state index >= 15 is 0 Å². The first-order valence-corrected chi connectivity index (χ1v) is 6.45. The van der Waals surface area contributed by atoms with Gasteiger partial charge in [-0.3, -0.25) is 9.78 Å². The molecule has 2 rings (SSSR count). The normalized spacial score (nSPS) is 10.5. The molecule has 0 saturated heterocycles. The lowest BCUT2D eigenvalue weighted by Gasteiger charge is -2.09. The molecular formula is C16H18N2O. The van der Waals surface area contributed by atoms with E-state index in [1.807, 2.05) is 44.2 Å². The zero-order valence-corrected chi connectivity index (χ0v) is 11.3. The molecule has 0 spiro atoms. The summed E-state index contributed by atoms with van der Waals surface area (Å²) in [4.78, 5) is 16.0. The van der Waals surface area contributed by atoms with Crippen molar-refractivity contribution in [1.82, 2.24) is 4.98 Å². The zero-order valence-electron chi connectivity index (χ0n) is 11.3. The van der Waals surface area contributed by atoms with E-state index in [1.165, 1.54) is 5.56 Å². The quantitative estimate of drug-likeness (QED) is 0.909. The maximum absolute atomic E-state index is 11.7. The number of amides is 1. The first-order chi connectivity index (χ1) is 9.15. The van der Waals surface area contributed by atoms with Crippen LogP contribution in [0, 0.1) is 5.92 Å². The highest BCUT2D eigenvalue weighted by Gasteiger charge is 2.07. The Morgan fingerprint density at radius 1 is 1.21 bits per heavy atom.